The molecule has 0 aliphatic carbocycles. The molecule has 0 radical (unpaired) electrons. The van der Waals surface area contributed by atoms with E-state index in [0.717, 1.165) is 0 Å². The van der Waals surface area contributed by atoms with E-state index in [0.29, 0.717) is 16.3 Å². The van der Waals surface area contributed by atoms with Crippen LogP contribution in [0.3, 0.4) is 0 Å². The smallest absolute Gasteiger partial charge is 0.399 e. The van der Waals surface area contributed by atoms with Gasteiger partial charge in [-0.05, 0) is 33.8 Å². The minimum absolute atomic E-state index is 0.359. The Kier molecular flexibility index (Phi) is 2.88. The SMILES string of the molecule is CC1(C)OB(c2cc(N)cnc2Cl)OC1(C)C. The summed E-state index contributed by atoms with van der Waals surface area (Å²) in [7, 11) is -0.525. The van der Waals surface area contributed by atoms with Gasteiger partial charge in [0.25, 0.3) is 0 Å². The van der Waals surface area contributed by atoms with E-state index in [1.165, 1.54) is 6.20 Å². The summed E-state index contributed by atoms with van der Waals surface area (Å²) >= 11 is 6.04. The van der Waals surface area contributed by atoms with Gasteiger partial charge in [-0.15, -0.1) is 0 Å². The van der Waals surface area contributed by atoms with Gasteiger partial charge in [0.15, 0.2) is 0 Å². The van der Waals surface area contributed by atoms with Crippen LogP contribution in [0.2, 0.25) is 5.15 Å². The molecule has 1 saturated heterocycles. The standard InChI is InChI=1S/C11H16BClN2O2/c1-10(2)11(3,4)17-12(16-10)8-5-7(14)6-15-9(8)13/h5-6H,14H2,1-4H3. The summed E-state index contributed by atoms with van der Waals surface area (Å²) in [4.78, 5) is 4.00. The van der Waals surface area contributed by atoms with Crippen molar-refractivity contribution < 1.29 is 9.31 Å². The molecule has 0 unspecified atom stereocenters. The van der Waals surface area contributed by atoms with Crippen LogP contribution < -0.4 is 11.2 Å². The van der Waals surface area contributed by atoms with E-state index in [-0.39, 0.29) is 0 Å². The lowest BCUT2D eigenvalue weighted by Crippen LogP contribution is -2.41. The van der Waals surface area contributed by atoms with Gasteiger partial charge < -0.3 is 15.0 Å². The highest BCUT2D eigenvalue weighted by Crippen LogP contribution is 2.36. The Hall–Kier alpha value is -0.775. The van der Waals surface area contributed by atoms with Crippen LogP contribution >= 0.6 is 11.6 Å². The average Bonchev–Trinajstić information content (AvgIpc) is 2.40. The number of nitrogen functional groups attached to an aromatic ring is 1. The van der Waals surface area contributed by atoms with Gasteiger partial charge in [0.05, 0.1) is 17.4 Å². The highest BCUT2D eigenvalue weighted by atomic mass is 35.5. The van der Waals surface area contributed by atoms with E-state index in [4.69, 9.17) is 26.6 Å². The molecule has 2 rings (SSSR count). The molecular weight excluding hydrogens is 238 g/mol. The number of hydrogen-bond donors (Lipinski definition) is 1. The molecule has 92 valence electrons. The predicted octanol–water partition coefficient (Wildman–Crippen LogP) is 1.62. The third-order valence-corrected chi connectivity index (χ3v) is 3.71. The minimum Gasteiger partial charge on any atom is -0.399 e. The van der Waals surface area contributed by atoms with Crippen molar-refractivity contribution in [2.45, 2.75) is 38.9 Å². The molecule has 6 heteroatoms. The lowest BCUT2D eigenvalue weighted by Gasteiger charge is -2.32. The summed E-state index contributed by atoms with van der Waals surface area (Å²) < 4.78 is 11.8. The van der Waals surface area contributed by atoms with Crippen molar-refractivity contribution in [3.63, 3.8) is 0 Å². The normalized spacial score (nSPS) is 21.8. The number of hydrogen-bond acceptors (Lipinski definition) is 4. The van der Waals surface area contributed by atoms with Crippen LogP contribution in [-0.2, 0) is 9.31 Å². The molecule has 17 heavy (non-hydrogen) atoms. The molecule has 1 fully saturated rings. The first-order valence-corrected chi connectivity index (χ1v) is 5.87. The zero-order valence-electron chi connectivity index (χ0n) is 10.5. The van der Waals surface area contributed by atoms with E-state index < -0.39 is 18.3 Å². The molecule has 1 aromatic rings. The van der Waals surface area contributed by atoms with Gasteiger partial charge in [0, 0.05) is 11.2 Å². The van der Waals surface area contributed by atoms with Crippen molar-refractivity contribution in [3.8, 4) is 0 Å². The van der Waals surface area contributed by atoms with Crippen molar-refractivity contribution in [1.82, 2.24) is 4.98 Å². The van der Waals surface area contributed by atoms with Gasteiger partial charge in [-0.2, -0.15) is 0 Å². The number of rotatable bonds is 1. The third kappa shape index (κ3) is 2.15. The molecule has 0 aromatic carbocycles. The van der Waals surface area contributed by atoms with Crippen LogP contribution in [0, 0.1) is 0 Å². The molecule has 0 atom stereocenters. The van der Waals surface area contributed by atoms with Gasteiger partial charge in [0.2, 0.25) is 0 Å². The Morgan fingerprint density at radius 3 is 2.29 bits per heavy atom. The van der Waals surface area contributed by atoms with Crippen molar-refractivity contribution in [2.24, 2.45) is 0 Å². The Morgan fingerprint density at radius 2 is 1.76 bits per heavy atom. The van der Waals surface area contributed by atoms with Gasteiger partial charge >= 0.3 is 7.12 Å². The Balaban J connectivity index is 2.35. The van der Waals surface area contributed by atoms with E-state index >= 15 is 0 Å². The molecule has 4 nitrogen and oxygen atoms in total. The molecular formula is C11H16BClN2O2. The maximum Gasteiger partial charge on any atom is 0.498 e. The zero-order chi connectivity index (χ0) is 12.8. The van der Waals surface area contributed by atoms with Crippen LogP contribution in [0.15, 0.2) is 12.3 Å². The van der Waals surface area contributed by atoms with Crippen LogP contribution in [0.5, 0.6) is 0 Å². The number of aromatic nitrogens is 1. The van der Waals surface area contributed by atoms with Crippen molar-refractivity contribution in [2.75, 3.05) is 5.73 Å². The van der Waals surface area contributed by atoms with Crippen molar-refractivity contribution in [1.29, 1.82) is 0 Å². The second kappa shape index (κ2) is 3.87. The fraction of sp³-hybridized carbons (Fsp3) is 0.545. The quantitative estimate of drug-likeness (QED) is 0.611. The van der Waals surface area contributed by atoms with E-state index in [2.05, 4.69) is 4.98 Å². The molecule has 0 spiro atoms. The van der Waals surface area contributed by atoms with Crippen LogP contribution in [0.25, 0.3) is 0 Å². The summed E-state index contributed by atoms with van der Waals surface area (Å²) in [5, 5.41) is 0.359. The van der Waals surface area contributed by atoms with Crippen LogP contribution in [-0.4, -0.2) is 23.3 Å². The minimum atomic E-state index is -0.525. The maximum atomic E-state index is 6.04. The second-order valence-corrected chi connectivity index (χ2v) is 5.59. The van der Waals surface area contributed by atoms with E-state index in [1.807, 2.05) is 27.7 Å². The molecule has 2 N–H and O–H groups in total. The summed E-state index contributed by atoms with van der Waals surface area (Å²) in [6, 6.07) is 1.73. The van der Waals surface area contributed by atoms with E-state index in [1.54, 1.807) is 6.07 Å². The lowest BCUT2D eigenvalue weighted by molar-refractivity contribution is 0.00578. The highest BCUT2D eigenvalue weighted by molar-refractivity contribution is 6.65. The Morgan fingerprint density at radius 1 is 1.24 bits per heavy atom. The number of halogens is 1. The first-order valence-electron chi connectivity index (χ1n) is 5.49. The number of pyridine rings is 1. The fourth-order valence-corrected chi connectivity index (χ4v) is 1.81. The Bertz CT molecular complexity index is 435. The number of nitrogens with zero attached hydrogens (tertiary/aromatic N) is 1. The Labute approximate surface area is 107 Å². The molecule has 0 bridgehead atoms. The largest absolute Gasteiger partial charge is 0.498 e. The summed E-state index contributed by atoms with van der Waals surface area (Å²) in [5.74, 6) is 0. The molecule has 0 amide bonds. The first-order chi connectivity index (χ1) is 7.73. The molecule has 1 aliphatic heterocycles. The molecule has 1 aromatic heterocycles. The highest BCUT2D eigenvalue weighted by Gasteiger charge is 2.52. The maximum absolute atomic E-state index is 6.04. The van der Waals surface area contributed by atoms with E-state index in [9.17, 15) is 0 Å². The average molecular weight is 255 g/mol. The number of anilines is 1. The van der Waals surface area contributed by atoms with Crippen molar-refractivity contribution in [3.05, 3.63) is 17.4 Å². The fourth-order valence-electron chi connectivity index (χ4n) is 1.62. The summed E-state index contributed by atoms with van der Waals surface area (Å²) in [5.41, 5.74) is 6.12. The van der Waals surface area contributed by atoms with Crippen LogP contribution in [0.1, 0.15) is 27.7 Å². The number of nitrogens with two attached hydrogens (primary N) is 1. The van der Waals surface area contributed by atoms with Gasteiger partial charge in [-0.25, -0.2) is 4.98 Å². The predicted molar refractivity (Wildman–Crippen MR) is 69.4 cm³/mol. The van der Waals surface area contributed by atoms with Crippen LogP contribution in [0.4, 0.5) is 5.69 Å². The van der Waals surface area contributed by atoms with Gasteiger partial charge in [0.1, 0.15) is 5.15 Å². The monoisotopic (exact) mass is 254 g/mol. The lowest BCUT2D eigenvalue weighted by atomic mass is 9.80. The van der Waals surface area contributed by atoms with Crippen molar-refractivity contribution >= 4 is 29.9 Å². The third-order valence-electron chi connectivity index (χ3n) is 3.39. The first kappa shape index (κ1) is 12.7. The molecule has 0 saturated carbocycles. The topological polar surface area (TPSA) is 57.4 Å². The molecule has 1 aliphatic rings. The molecule has 2 heterocycles. The second-order valence-electron chi connectivity index (χ2n) is 5.24. The summed E-state index contributed by atoms with van der Waals surface area (Å²) in [6.07, 6.45) is 1.51. The van der Waals surface area contributed by atoms with Gasteiger partial charge in [-0.3, -0.25) is 0 Å². The van der Waals surface area contributed by atoms with Gasteiger partial charge in [-0.1, -0.05) is 11.6 Å². The summed E-state index contributed by atoms with van der Waals surface area (Å²) in [6.45, 7) is 7.95. The zero-order valence-corrected chi connectivity index (χ0v) is 11.2.